The SMILES string of the molecule is Cc1cccc2c1/c(=N\O)ccn2O. The molecule has 0 bridgehead atoms. The zero-order valence-corrected chi connectivity index (χ0v) is 7.68. The standard InChI is InChI=1S/C10H10N2O2/c1-7-3-2-4-9-10(7)8(11-13)5-6-12(9)14/h2-6,13-14H,1H3/b11-8-. The average Bonchev–Trinajstić information content (AvgIpc) is 2.20. The highest BCUT2D eigenvalue weighted by atomic mass is 16.5. The summed E-state index contributed by atoms with van der Waals surface area (Å²) in [6.45, 7) is 1.90. The second-order valence-electron chi connectivity index (χ2n) is 3.11. The quantitative estimate of drug-likeness (QED) is 0.375. The van der Waals surface area contributed by atoms with Crippen LogP contribution in [0.2, 0.25) is 0 Å². The number of benzene rings is 1. The van der Waals surface area contributed by atoms with Gasteiger partial charge >= 0.3 is 0 Å². The van der Waals surface area contributed by atoms with Crippen LogP contribution < -0.4 is 5.36 Å². The van der Waals surface area contributed by atoms with Crippen molar-refractivity contribution in [3.63, 3.8) is 0 Å². The molecule has 0 saturated carbocycles. The largest absolute Gasteiger partial charge is 0.428 e. The van der Waals surface area contributed by atoms with Gasteiger partial charge in [-0.1, -0.05) is 17.3 Å². The van der Waals surface area contributed by atoms with Crippen LogP contribution in [0.5, 0.6) is 0 Å². The number of pyridine rings is 1. The summed E-state index contributed by atoms with van der Waals surface area (Å²) in [5, 5.41) is 22.7. The number of hydrogen-bond donors (Lipinski definition) is 2. The minimum absolute atomic E-state index is 0.461. The van der Waals surface area contributed by atoms with E-state index in [1.54, 1.807) is 12.1 Å². The number of hydrogen-bond acceptors (Lipinski definition) is 3. The second kappa shape index (κ2) is 3.06. The first-order chi connectivity index (χ1) is 6.74. The molecule has 0 aliphatic carbocycles. The Balaban J connectivity index is 3.08. The molecule has 2 N–H and O–H groups in total. The van der Waals surface area contributed by atoms with E-state index in [2.05, 4.69) is 5.16 Å². The lowest BCUT2D eigenvalue weighted by Gasteiger charge is -2.05. The van der Waals surface area contributed by atoms with Crippen LogP contribution in [0.3, 0.4) is 0 Å². The Hall–Kier alpha value is -1.97. The van der Waals surface area contributed by atoms with Crippen LogP contribution >= 0.6 is 0 Å². The van der Waals surface area contributed by atoms with Crippen LogP contribution in [0.1, 0.15) is 5.56 Å². The van der Waals surface area contributed by atoms with Crippen LogP contribution in [-0.4, -0.2) is 15.1 Å². The lowest BCUT2D eigenvalue weighted by molar-refractivity contribution is 0.197. The third-order valence-electron chi connectivity index (χ3n) is 2.24. The van der Waals surface area contributed by atoms with Gasteiger partial charge in [0.05, 0.1) is 5.52 Å². The molecule has 0 amide bonds. The molecular formula is C10H10N2O2. The van der Waals surface area contributed by atoms with Gasteiger partial charge in [-0.25, -0.2) is 0 Å². The Labute approximate surface area is 80.3 Å². The molecule has 4 heteroatoms. The summed E-state index contributed by atoms with van der Waals surface area (Å²) in [7, 11) is 0. The predicted molar refractivity (Wildman–Crippen MR) is 51.2 cm³/mol. The van der Waals surface area contributed by atoms with Gasteiger partial charge in [-0.2, -0.15) is 4.73 Å². The topological polar surface area (TPSA) is 57.8 Å². The Morgan fingerprint density at radius 3 is 2.79 bits per heavy atom. The van der Waals surface area contributed by atoms with Crippen molar-refractivity contribution in [1.82, 2.24) is 4.73 Å². The maximum atomic E-state index is 9.51. The molecule has 1 aromatic carbocycles. The van der Waals surface area contributed by atoms with E-state index in [1.807, 2.05) is 19.1 Å². The smallest absolute Gasteiger partial charge is 0.113 e. The predicted octanol–water partition coefficient (Wildman–Crippen LogP) is 1.48. The summed E-state index contributed by atoms with van der Waals surface area (Å²) < 4.78 is 1.01. The minimum atomic E-state index is 0.461. The number of aryl methyl sites for hydroxylation is 1. The van der Waals surface area contributed by atoms with Crippen molar-refractivity contribution in [2.45, 2.75) is 6.92 Å². The van der Waals surface area contributed by atoms with E-state index in [1.165, 1.54) is 6.20 Å². The minimum Gasteiger partial charge on any atom is -0.428 e. The van der Waals surface area contributed by atoms with E-state index in [-0.39, 0.29) is 0 Å². The molecule has 1 aromatic heterocycles. The van der Waals surface area contributed by atoms with Crippen molar-refractivity contribution in [3.05, 3.63) is 41.4 Å². The van der Waals surface area contributed by atoms with Crippen LogP contribution in [-0.2, 0) is 0 Å². The van der Waals surface area contributed by atoms with E-state index in [4.69, 9.17) is 5.21 Å². The van der Waals surface area contributed by atoms with Crippen LogP contribution in [0.25, 0.3) is 10.9 Å². The van der Waals surface area contributed by atoms with Crippen molar-refractivity contribution in [1.29, 1.82) is 0 Å². The highest BCUT2D eigenvalue weighted by molar-refractivity contribution is 5.81. The Morgan fingerprint density at radius 1 is 1.29 bits per heavy atom. The maximum Gasteiger partial charge on any atom is 0.113 e. The second-order valence-corrected chi connectivity index (χ2v) is 3.11. The maximum absolute atomic E-state index is 9.51. The van der Waals surface area contributed by atoms with Gasteiger partial charge in [0.2, 0.25) is 0 Å². The molecule has 0 atom stereocenters. The van der Waals surface area contributed by atoms with Crippen LogP contribution in [0, 0.1) is 6.92 Å². The number of fused-ring (bicyclic) bond motifs is 1. The lowest BCUT2D eigenvalue weighted by atomic mass is 10.1. The Morgan fingerprint density at radius 2 is 2.07 bits per heavy atom. The molecular weight excluding hydrogens is 180 g/mol. The molecule has 0 spiro atoms. The van der Waals surface area contributed by atoms with E-state index in [9.17, 15) is 5.21 Å². The van der Waals surface area contributed by atoms with Gasteiger partial charge in [0, 0.05) is 11.6 Å². The Bertz CT molecular complexity index is 543. The lowest BCUT2D eigenvalue weighted by Crippen LogP contribution is -2.08. The van der Waals surface area contributed by atoms with Gasteiger partial charge < -0.3 is 10.4 Å². The summed E-state index contributed by atoms with van der Waals surface area (Å²) in [5.74, 6) is 0. The number of aromatic nitrogens is 1. The molecule has 0 radical (unpaired) electrons. The molecule has 72 valence electrons. The third-order valence-corrected chi connectivity index (χ3v) is 2.24. The summed E-state index contributed by atoms with van der Waals surface area (Å²) >= 11 is 0. The molecule has 0 saturated heterocycles. The van der Waals surface area contributed by atoms with Gasteiger partial charge in [0.25, 0.3) is 0 Å². The normalized spacial score (nSPS) is 12.2. The van der Waals surface area contributed by atoms with Crippen LogP contribution in [0.15, 0.2) is 35.6 Å². The van der Waals surface area contributed by atoms with E-state index >= 15 is 0 Å². The number of rotatable bonds is 0. The average molecular weight is 190 g/mol. The van der Waals surface area contributed by atoms with Crippen molar-refractivity contribution < 1.29 is 10.4 Å². The van der Waals surface area contributed by atoms with Gasteiger partial charge in [0.15, 0.2) is 0 Å². The van der Waals surface area contributed by atoms with Gasteiger partial charge in [-0.05, 0) is 24.6 Å². The fourth-order valence-corrected chi connectivity index (χ4v) is 1.56. The first-order valence-corrected chi connectivity index (χ1v) is 4.22. The van der Waals surface area contributed by atoms with Crippen molar-refractivity contribution in [3.8, 4) is 0 Å². The fraction of sp³-hybridized carbons (Fsp3) is 0.100. The van der Waals surface area contributed by atoms with E-state index < -0.39 is 0 Å². The molecule has 0 unspecified atom stereocenters. The van der Waals surface area contributed by atoms with Gasteiger partial charge in [-0.3, -0.25) is 0 Å². The third kappa shape index (κ3) is 1.12. The van der Waals surface area contributed by atoms with E-state index in [0.29, 0.717) is 10.9 Å². The molecule has 14 heavy (non-hydrogen) atoms. The molecule has 2 aromatic rings. The first-order valence-electron chi connectivity index (χ1n) is 4.22. The summed E-state index contributed by atoms with van der Waals surface area (Å²) in [6, 6.07) is 7.05. The molecule has 0 aliphatic heterocycles. The highest BCUT2D eigenvalue weighted by Crippen LogP contribution is 2.12. The van der Waals surface area contributed by atoms with Gasteiger partial charge in [0.1, 0.15) is 5.36 Å². The molecule has 1 heterocycles. The van der Waals surface area contributed by atoms with Crippen molar-refractivity contribution in [2.24, 2.45) is 5.16 Å². The van der Waals surface area contributed by atoms with Crippen LogP contribution in [0.4, 0.5) is 0 Å². The van der Waals surface area contributed by atoms with Crippen molar-refractivity contribution in [2.75, 3.05) is 0 Å². The molecule has 4 nitrogen and oxygen atoms in total. The fourth-order valence-electron chi connectivity index (χ4n) is 1.56. The summed E-state index contributed by atoms with van der Waals surface area (Å²) in [6.07, 6.45) is 1.44. The molecule has 2 rings (SSSR count). The Kier molecular flexibility index (Phi) is 1.89. The zero-order valence-electron chi connectivity index (χ0n) is 7.68. The number of nitrogens with zero attached hydrogens (tertiary/aromatic N) is 2. The van der Waals surface area contributed by atoms with Gasteiger partial charge in [-0.15, -0.1) is 0 Å². The monoisotopic (exact) mass is 190 g/mol. The highest BCUT2D eigenvalue weighted by Gasteiger charge is 2.02. The first kappa shape index (κ1) is 8.62. The molecule has 0 fully saturated rings. The zero-order chi connectivity index (χ0) is 10.1. The molecule has 0 aliphatic rings. The van der Waals surface area contributed by atoms with E-state index in [0.717, 1.165) is 15.7 Å². The van der Waals surface area contributed by atoms with Crippen molar-refractivity contribution >= 4 is 10.9 Å². The summed E-state index contributed by atoms with van der Waals surface area (Å²) in [5.41, 5.74) is 1.58. The summed E-state index contributed by atoms with van der Waals surface area (Å²) in [4.78, 5) is 0.